The fourth-order valence-electron chi connectivity index (χ4n) is 2.02. The molecular weight excluding hydrogens is 210 g/mol. The van der Waals surface area contributed by atoms with Crippen molar-refractivity contribution >= 4 is 17.7 Å². The lowest BCUT2D eigenvalue weighted by atomic mass is 10.2. The predicted molar refractivity (Wildman–Crippen MR) is 62.9 cm³/mol. The van der Waals surface area contributed by atoms with Gasteiger partial charge in [-0.25, -0.2) is 0 Å². The van der Waals surface area contributed by atoms with Gasteiger partial charge < -0.3 is 9.80 Å². The first-order valence-corrected chi connectivity index (χ1v) is 6.64. The molecule has 2 unspecified atom stereocenters. The van der Waals surface area contributed by atoms with Crippen LogP contribution in [0.5, 0.6) is 0 Å². The summed E-state index contributed by atoms with van der Waals surface area (Å²) in [6, 6.07) is 0.544. The molecule has 1 N–H and O–H groups in total. The molecule has 2 aliphatic heterocycles. The van der Waals surface area contributed by atoms with Crippen molar-refractivity contribution < 1.29 is 4.79 Å². The highest BCUT2D eigenvalue weighted by molar-refractivity contribution is 7.99. The van der Waals surface area contributed by atoms with E-state index in [1.165, 1.54) is 0 Å². The molecule has 2 rings (SSSR count). The van der Waals surface area contributed by atoms with E-state index < -0.39 is 0 Å². The van der Waals surface area contributed by atoms with Crippen LogP contribution in [-0.2, 0) is 4.79 Å². The smallest absolute Gasteiger partial charge is 0.240 e. The quantitative estimate of drug-likeness (QED) is 0.676. The lowest BCUT2D eigenvalue weighted by Crippen LogP contribution is -2.55. The minimum atomic E-state index is 0.0607. The van der Waals surface area contributed by atoms with Crippen LogP contribution in [0, 0.1) is 0 Å². The monoisotopic (exact) mass is 229 g/mol. The molecule has 15 heavy (non-hydrogen) atoms. The van der Waals surface area contributed by atoms with Gasteiger partial charge >= 0.3 is 0 Å². The number of hydrogen-bond acceptors (Lipinski definition) is 4. The van der Waals surface area contributed by atoms with Gasteiger partial charge in [0, 0.05) is 37.3 Å². The van der Waals surface area contributed by atoms with E-state index >= 15 is 0 Å². The van der Waals surface area contributed by atoms with Crippen molar-refractivity contribution in [2.24, 2.45) is 0 Å². The van der Waals surface area contributed by atoms with Gasteiger partial charge in [-0.1, -0.05) is 0 Å². The van der Waals surface area contributed by atoms with E-state index in [1.54, 1.807) is 11.8 Å². The Kier molecular flexibility index (Phi) is 3.53. The molecule has 2 fully saturated rings. The molecule has 86 valence electrons. The van der Waals surface area contributed by atoms with Crippen LogP contribution < -0.4 is 5.32 Å². The molecule has 0 aromatic heterocycles. The van der Waals surface area contributed by atoms with E-state index in [9.17, 15) is 4.79 Å². The Hall–Kier alpha value is -0.260. The van der Waals surface area contributed by atoms with Crippen molar-refractivity contribution in [2.75, 3.05) is 38.3 Å². The lowest BCUT2D eigenvalue weighted by molar-refractivity contribution is -0.135. The van der Waals surface area contributed by atoms with Crippen LogP contribution in [0.15, 0.2) is 0 Å². The maximum Gasteiger partial charge on any atom is 0.240 e. The van der Waals surface area contributed by atoms with Crippen molar-refractivity contribution in [3.05, 3.63) is 0 Å². The van der Waals surface area contributed by atoms with Gasteiger partial charge in [0.1, 0.15) is 0 Å². The van der Waals surface area contributed by atoms with E-state index in [0.29, 0.717) is 11.9 Å². The molecule has 2 saturated heterocycles. The zero-order valence-electron chi connectivity index (χ0n) is 9.40. The van der Waals surface area contributed by atoms with E-state index in [0.717, 1.165) is 31.3 Å². The predicted octanol–water partition coefficient (Wildman–Crippen LogP) is -0.189. The highest BCUT2D eigenvalue weighted by atomic mass is 32.2. The maximum absolute atomic E-state index is 12.1. The Morgan fingerprint density at radius 1 is 1.47 bits per heavy atom. The number of carbonyl (C=O) groups is 1. The van der Waals surface area contributed by atoms with Gasteiger partial charge in [-0.15, -0.1) is 11.8 Å². The summed E-state index contributed by atoms with van der Waals surface area (Å²) < 4.78 is 0. The summed E-state index contributed by atoms with van der Waals surface area (Å²) in [5.74, 6) is 2.14. The van der Waals surface area contributed by atoms with Gasteiger partial charge in [0.15, 0.2) is 0 Å². The van der Waals surface area contributed by atoms with Crippen LogP contribution in [0.3, 0.4) is 0 Å². The number of amides is 1. The molecule has 2 atom stereocenters. The largest absolute Gasteiger partial charge is 0.338 e. The number of likely N-dealkylation sites (N-methyl/N-ethyl adjacent to an activating group) is 1. The number of carbonyl (C=O) groups excluding carboxylic acids is 1. The Bertz CT molecular complexity index is 243. The number of nitrogens with one attached hydrogen (secondary N) is 1. The number of piperazine rings is 1. The minimum absolute atomic E-state index is 0.0607. The number of thioether (sulfide) groups is 1. The second-order valence-electron chi connectivity index (χ2n) is 4.39. The van der Waals surface area contributed by atoms with Crippen molar-refractivity contribution in [3.63, 3.8) is 0 Å². The fraction of sp³-hybridized carbons (Fsp3) is 0.900. The molecule has 2 aliphatic rings. The molecular formula is C10H19N3OS. The number of hydrogen-bond donors (Lipinski definition) is 1. The molecule has 0 spiro atoms. The molecule has 1 amide bonds. The summed E-state index contributed by atoms with van der Waals surface area (Å²) >= 11 is 1.81. The summed E-state index contributed by atoms with van der Waals surface area (Å²) in [6.45, 7) is 4.92. The van der Waals surface area contributed by atoms with Crippen LogP contribution in [-0.4, -0.2) is 66.1 Å². The van der Waals surface area contributed by atoms with Crippen LogP contribution in [0.4, 0.5) is 0 Å². The van der Waals surface area contributed by atoms with Gasteiger partial charge in [0.05, 0.1) is 6.04 Å². The third-order valence-corrected chi connectivity index (χ3v) is 4.23. The molecule has 2 heterocycles. The minimum Gasteiger partial charge on any atom is -0.338 e. The first kappa shape index (κ1) is 11.2. The zero-order valence-corrected chi connectivity index (χ0v) is 10.2. The van der Waals surface area contributed by atoms with E-state index in [-0.39, 0.29) is 6.04 Å². The fourth-order valence-corrected chi connectivity index (χ4v) is 2.96. The Balaban J connectivity index is 1.90. The average molecular weight is 229 g/mol. The molecule has 0 aromatic carbocycles. The summed E-state index contributed by atoms with van der Waals surface area (Å²) in [4.78, 5) is 16.4. The normalized spacial score (nSPS) is 33.3. The van der Waals surface area contributed by atoms with Crippen LogP contribution >= 0.6 is 11.8 Å². The number of rotatable bonds is 1. The zero-order chi connectivity index (χ0) is 10.8. The molecule has 5 heteroatoms. The van der Waals surface area contributed by atoms with Crippen molar-refractivity contribution in [1.82, 2.24) is 15.1 Å². The Morgan fingerprint density at radius 2 is 2.27 bits per heavy atom. The highest BCUT2D eigenvalue weighted by Crippen LogP contribution is 2.14. The first-order valence-electron chi connectivity index (χ1n) is 5.48. The molecule has 0 aliphatic carbocycles. The van der Waals surface area contributed by atoms with Crippen molar-refractivity contribution in [2.45, 2.75) is 19.0 Å². The SMILES string of the molecule is CC1CN(C(=O)C2CSCN2)CCN1C. The molecule has 0 aromatic rings. The second kappa shape index (κ2) is 4.72. The third-order valence-electron chi connectivity index (χ3n) is 3.29. The van der Waals surface area contributed by atoms with E-state index in [2.05, 4.69) is 24.2 Å². The van der Waals surface area contributed by atoms with Crippen LogP contribution in [0.1, 0.15) is 6.92 Å². The lowest BCUT2D eigenvalue weighted by Gasteiger charge is -2.38. The summed E-state index contributed by atoms with van der Waals surface area (Å²) in [6.07, 6.45) is 0. The van der Waals surface area contributed by atoms with Gasteiger partial charge in [-0.05, 0) is 14.0 Å². The Morgan fingerprint density at radius 3 is 2.87 bits per heavy atom. The molecule has 4 nitrogen and oxygen atoms in total. The molecule has 0 bridgehead atoms. The average Bonchev–Trinajstić information content (AvgIpc) is 2.74. The van der Waals surface area contributed by atoms with Gasteiger partial charge in [0.2, 0.25) is 5.91 Å². The molecule has 0 saturated carbocycles. The van der Waals surface area contributed by atoms with Gasteiger partial charge in [0.25, 0.3) is 0 Å². The summed E-state index contributed by atoms with van der Waals surface area (Å²) in [5.41, 5.74) is 0. The summed E-state index contributed by atoms with van der Waals surface area (Å²) in [7, 11) is 2.12. The second-order valence-corrected chi connectivity index (χ2v) is 5.42. The molecule has 0 radical (unpaired) electrons. The topological polar surface area (TPSA) is 35.6 Å². The van der Waals surface area contributed by atoms with Crippen molar-refractivity contribution in [1.29, 1.82) is 0 Å². The van der Waals surface area contributed by atoms with E-state index in [1.807, 2.05) is 4.90 Å². The standard InChI is InChI=1S/C10H19N3OS/c1-8-5-13(4-3-12(8)2)10(14)9-6-15-7-11-9/h8-9,11H,3-7H2,1-2H3. The van der Waals surface area contributed by atoms with Crippen LogP contribution in [0.25, 0.3) is 0 Å². The van der Waals surface area contributed by atoms with Gasteiger partial charge in [-0.3, -0.25) is 10.1 Å². The summed E-state index contributed by atoms with van der Waals surface area (Å²) in [5, 5.41) is 3.24. The number of nitrogens with zero attached hydrogens (tertiary/aromatic N) is 2. The highest BCUT2D eigenvalue weighted by Gasteiger charge is 2.30. The van der Waals surface area contributed by atoms with E-state index in [4.69, 9.17) is 0 Å². The Labute approximate surface area is 95.4 Å². The van der Waals surface area contributed by atoms with Crippen molar-refractivity contribution in [3.8, 4) is 0 Å². The third kappa shape index (κ3) is 2.46. The maximum atomic E-state index is 12.1. The van der Waals surface area contributed by atoms with Crippen LogP contribution in [0.2, 0.25) is 0 Å². The first-order chi connectivity index (χ1) is 7.18. The van der Waals surface area contributed by atoms with Gasteiger partial charge in [-0.2, -0.15) is 0 Å².